The lowest BCUT2D eigenvalue weighted by Gasteiger charge is -2.38. The van der Waals surface area contributed by atoms with Crippen LogP contribution >= 0.6 is 0 Å². The van der Waals surface area contributed by atoms with Crippen LogP contribution in [-0.4, -0.2) is 48.8 Å². The minimum atomic E-state index is -4.77. The zero-order valence-electron chi connectivity index (χ0n) is 14.0. The standard InChI is InChI=1S/C17H17F4N5/c1-10-2-5-26-14-9-12(18)11(17(19,20)21)8-13(14)24-15(16(26)23-10)25-6-3-22-4-7-25/h2,5,8-10,22H,3-4,6-7H2,1H3. The molecule has 5 nitrogen and oxygen atoms in total. The lowest BCUT2D eigenvalue weighted by atomic mass is 10.1. The normalized spacial score (nSPS) is 22.6. The number of fused-ring (bicyclic) bond motifs is 3. The monoisotopic (exact) mass is 367 g/mol. The van der Waals surface area contributed by atoms with E-state index in [2.05, 4.69) is 15.3 Å². The van der Waals surface area contributed by atoms with Crippen LogP contribution in [0.4, 0.5) is 28.9 Å². The van der Waals surface area contributed by atoms with E-state index in [4.69, 9.17) is 0 Å². The van der Waals surface area contributed by atoms with Gasteiger partial charge in [0.2, 0.25) is 0 Å². The van der Waals surface area contributed by atoms with Crippen molar-refractivity contribution in [1.29, 1.82) is 0 Å². The van der Waals surface area contributed by atoms with Crippen molar-refractivity contribution in [3.05, 3.63) is 35.8 Å². The summed E-state index contributed by atoms with van der Waals surface area (Å²) < 4.78 is 53.4. The topological polar surface area (TPSA) is 43.2 Å². The van der Waals surface area contributed by atoms with E-state index in [1.54, 1.807) is 11.1 Å². The fourth-order valence-electron chi connectivity index (χ4n) is 3.24. The lowest BCUT2D eigenvalue weighted by Crippen LogP contribution is -2.53. The van der Waals surface area contributed by atoms with Crippen LogP contribution in [0.5, 0.6) is 0 Å². The zero-order chi connectivity index (χ0) is 18.5. The number of hydrogen-bond donors (Lipinski definition) is 1. The fraction of sp³-hybridized carbons (Fsp3) is 0.412. The van der Waals surface area contributed by atoms with Gasteiger partial charge in [-0.15, -0.1) is 0 Å². The van der Waals surface area contributed by atoms with Crippen LogP contribution in [-0.2, 0) is 6.18 Å². The highest BCUT2D eigenvalue weighted by Crippen LogP contribution is 2.41. The average Bonchev–Trinajstić information content (AvgIpc) is 2.60. The summed E-state index contributed by atoms with van der Waals surface area (Å²) >= 11 is 0. The molecular weight excluding hydrogens is 350 g/mol. The van der Waals surface area contributed by atoms with Crippen molar-refractivity contribution >= 4 is 23.0 Å². The molecule has 1 aromatic rings. The molecule has 1 N–H and O–H groups in total. The third-order valence-corrected chi connectivity index (χ3v) is 4.54. The van der Waals surface area contributed by atoms with Crippen molar-refractivity contribution in [2.24, 2.45) is 9.98 Å². The molecule has 1 fully saturated rings. The van der Waals surface area contributed by atoms with Gasteiger partial charge < -0.3 is 10.2 Å². The number of nitrogens with one attached hydrogen (secondary N) is 1. The van der Waals surface area contributed by atoms with Gasteiger partial charge in [0.15, 0.2) is 11.7 Å². The largest absolute Gasteiger partial charge is 0.419 e. The second-order valence-corrected chi connectivity index (χ2v) is 6.40. The molecule has 9 heteroatoms. The first-order valence-corrected chi connectivity index (χ1v) is 8.35. The second-order valence-electron chi connectivity index (χ2n) is 6.40. The van der Waals surface area contributed by atoms with E-state index >= 15 is 0 Å². The fourth-order valence-corrected chi connectivity index (χ4v) is 3.24. The van der Waals surface area contributed by atoms with Crippen molar-refractivity contribution in [3.63, 3.8) is 0 Å². The predicted octanol–water partition coefficient (Wildman–Crippen LogP) is 2.91. The predicted molar refractivity (Wildman–Crippen MR) is 91.5 cm³/mol. The molecule has 0 amide bonds. The van der Waals surface area contributed by atoms with E-state index in [0.717, 1.165) is 25.2 Å². The van der Waals surface area contributed by atoms with Gasteiger partial charge >= 0.3 is 6.18 Å². The van der Waals surface area contributed by atoms with Gasteiger partial charge in [0.05, 0.1) is 23.0 Å². The highest BCUT2D eigenvalue weighted by atomic mass is 19.4. The summed E-state index contributed by atoms with van der Waals surface area (Å²) in [5.74, 6) is -0.257. The second kappa shape index (κ2) is 6.08. The Hall–Kier alpha value is -2.42. The molecule has 1 atom stereocenters. The number of amidine groups is 2. The summed E-state index contributed by atoms with van der Waals surface area (Å²) in [5, 5.41) is 3.23. The number of rotatable bonds is 0. The highest BCUT2D eigenvalue weighted by Gasteiger charge is 2.38. The summed E-state index contributed by atoms with van der Waals surface area (Å²) in [4.78, 5) is 12.6. The SMILES string of the molecule is CC1C=CN2C(=N1)C(N1CCNCC1)=Nc1cc(C(F)(F)F)c(F)cc12. The number of anilines is 1. The van der Waals surface area contributed by atoms with Crippen molar-refractivity contribution in [1.82, 2.24) is 10.2 Å². The molecule has 26 heavy (non-hydrogen) atoms. The van der Waals surface area contributed by atoms with Gasteiger partial charge in [0.1, 0.15) is 5.82 Å². The molecule has 4 rings (SSSR count). The Morgan fingerprint density at radius 2 is 1.88 bits per heavy atom. The summed E-state index contributed by atoms with van der Waals surface area (Å²) in [6, 6.07) is 1.57. The van der Waals surface area contributed by atoms with Crippen LogP contribution in [0.3, 0.4) is 0 Å². The number of nitrogens with zero attached hydrogens (tertiary/aromatic N) is 4. The Morgan fingerprint density at radius 1 is 1.15 bits per heavy atom. The number of hydrogen-bond acceptors (Lipinski definition) is 5. The molecule has 1 unspecified atom stereocenters. The minimum absolute atomic E-state index is 0.0878. The van der Waals surface area contributed by atoms with E-state index in [9.17, 15) is 17.6 Å². The van der Waals surface area contributed by atoms with E-state index in [0.29, 0.717) is 24.8 Å². The van der Waals surface area contributed by atoms with Crippen molar-refractivity contribution in [2.75, 3.05) is 31.1 Å². The first-order valence-electron chi connectivity index (χ1n) is 8.35. The molecule has 0 aromatic heterocycles. The Kier molecular flexibility index (Phi) is 3.98. The molecule has 1 aromatic carbocycles. The molecule has 3 aliphatic rings. The van der Waals surface area contributed by atoms with Crippen LogP contribution in [0, 0.1) is 5.82 Å². The van der Waals surface area contributed by atoms with Gasteiger partial charge in [0.25, 0.3) is 0 Å². The van der Waals surface area contributed by atoms with Crippen LogP contribution in [0.25, 0.3) is 0 Å². The maximum absolute atomic E-state index is 14.1. The van der Waals surface area contributed by atoms with Gasteiger partial charge in [-0.25, -0.2) is 9.38 Å². The van der Waals surface area contributed by atoms with Crippen molar-refractivity contribution in [3.8, 4) is 0 Å². The molecule has 0 aliphatic carbocycles. The van der Waals surface area contributed by atoms with Gasteiger partial charge in [-0.2, -0.15) is 13.2 Å². The van der Waals surface area contributed by atoms with Crippen LogP contribution in [0.1, 0.15) is 12.5 Å². The molecule has 3 aliphatic heterocycles. The third kappa shape index (κ3) is 2.86. The molecule has 138 valence electrons. The molecule has 0 bridgehead atoms. The molecule has 1 saturated heterocycles. The Labute approximate surface area is 147 Å². The van der Waals surface area contributed by atoms with Crippen LogP contribution in [0.15, 0.2) is 34.4 Å². The van der Waals surface area contributed by atoms with Gasteiger partial charge in [-0.05, 0) is 19.1 Å². The summed E-state index contributed by atoms with van der Waals surface area (Å²) in [6.07, 6.45) is -1.25. The van der Waals surface area contributed by atoms with Crippen LogP contribution in [0.2, 0.25) is 0 Å². The number of alkyl halides is 3. The Morgan fingerprint density at radius 3 is 2.58 bits per heavy atom. The van der Waals surface area contributed by atoms with E-state index in [1.807, 2.05) is 17.9 Å². The Balaban J connectivity index is 1.87. The van der Waals surface area contributed by atoms with Gasteiger partial charge in [0, 0.05) is 38.4 Å². The maximum Gasteiger partial charge on any atom is 0.419 e. The van der Waals surface area contributed by atoms with Crippen molar-refractivity contribution < 1.29 is 17.6 Å². The number of piperazine rings is 1. The molecular formula is C17H17F4N5. The summed E-state index contributed by atoms with van der Waals surface area (Å²) in [5.41, 5.74) is -0.962. The lowest BCUT2D eigenvalue weighted by molar-refractivity contribution is -0.139. The number of aliphatic imine (C=N–C) groups is 2. The zero-order valence-corrected chi connectivity index (χ0v) is 14.0. The summed E-state index contributed by atoms with van der Waals surface area (Å²) in [7, 11) is 0. The van der Waals surface area contributed by atoms with E-state index in [1.165, 1.54) is 0 Å². The maximum atomic E-state index is 14.1. The molecule has 0 saturated carbocycles. The quantitative estimate of drug-likeness (QED) is 0.717. The van der Waals surface area contributed by atoms with Crippen LogP contribution < -0.4 is 10.2 Å². The van der Waals surface area contributed by atoms with Gasteiger partial charge in [-0.1, -0.05) is 0 Å². The Bertz CT molecular complexity index is 821. The molecule has 0 spiro atoms. The first-order chi connectivity index (χ1) is 12.3. The molecule has 3 heterocycles. The number of halogens is 4. The van der Waals surface area contributed by atoms with Gasteiger partial charge in [-0.3, -0.25) is 9.89 Å². The number of benzene rings is 1. The van der Waals surface area contributed by atoms with E-state index < -0.39 is 17.6 Å². The third-order valence-electron chi connectivity index (χ3n) is 4.54. The van der Waals surface area contributed by atoms with E-state index in [-0.39, 0.29) is 17.4 Å². The average molecular weight is 367 g/mol. The minimum Gasteiger partial charge on any atom is -0.351 e. The summed E-state index contributed by atoms with van der Waals surface area (Å²) in [6.45, 7) is 4.75. The smallest absolute Gasteiger partial charge is 0.351 e. The molecule has 0 radical (unpaired) electrons. The first kappa shape index (κ1) is 17.0. The highest BCUT2D eigenvalue weighted by molar-refractivity contribution is 6.47. The van der Waals surface area contributed by atoms with Crippen molar-refractivity contribution in [2.45, 2.75) is 19.1 Å².